The van der Waals surface area contributed by atoms with Gasteiger partial charge in [-0.1, -0.05) is 0 Å². The molecule has 0 spiro atoms. The van der Waals surface area contributed by atoms with Crippen LogP contribution in [-0.2, 0) is 12.8 Å². The van der Waals surface area contributed by atoms with E-state index in [-0.39, 0.29) is 5.76 Å². The number of hydrogen-bond donors (Lipinski definition) is 2. The Morgan fingerprint density at radius 2 is 2.08 bits per heavy atom. The van der Waals surface area contributed by atoms with Crippen molar-refractivity contribution in [2.45, 2.75) is 25.7 Å². The lowest BCUT2D eigenvalue weighted by molar-refractivity contribution is 0.0662. The van der Waals surface area contributed by atoms with Crippen molar-refractivity contribution >= 4 is 11.7 Å². The summed E-state index contributed by atoms with van der Waals surface area (Å²) in [6.45, 7) is 0. The van der Waals surface area contributed by atoms with Crippen LogP contribution in [0.25, 0.3) is 0 Å². The number of carbonyl (C=O) groups is 1. The summed E-state index contributed by atoms with van der Waals surface area (Å²) < 4.78 is 5.17. The number of fused-ring (bicyclic) bond motifs is 1. The second-order valence-corrected chi connectivity index (χ2v) is 3.26. The van der Waals surface area contributed by atoms with Crippen molar-refractivity contribution < 1.29 is 14.3 Å². The number of rotatable bonds is 1. The molecule has 0 bridgehead atoms. The van der Waals surface area contributed by atoms with E-state index in [4.69, 9.17) is 15.3 Å². The van der Waals surface area contributed by atoms with E-state index < -0.39 is 5.97 Å². The Kier molecular flexibility index (Phi) is 1.76. The zero-order chi connectivity index (χ0) is 9.42. The standard InChI is InChI=1S/C9H11NO3/c10-7-5-3-1-2-4-6(5)13-8(7)9(11)12/h1-4,10H2,(H,11,12). The summed E-state index contributed by atoms with van der Waals surface area (Å²) >= 11 is 0. The Labute approximate surface area is 75.3 Å². The fourth-order valence-electron chi connectivity index (χ4n) is 1.75. The Morgan fingerprint density at radius 3 is 2.69 bits per heavy atom. The molecule has 1 aromatic rings. The van der Waals surface area contributed by atoms with Gasteiger partial charge in [-0.3, -0.25) is 0 Å². The molecule has 13 heavy (non-hydrogen) atoms. The van der Waals surface area contributed by atoms with Gasteiger partial charge in [-0.2, -0.15) is 0 Å². The highest BCUT2D eigenvalue weighted by Crippen LogP contribution is 2.31. The maximum absolute atomic E-state index is 10.7. The van der Waals surface area contributed by atoms with Crippen LogP contribution >= 0.6 is 0 Å². The third-order valence-corrected chi connectivity index (χ3v) is 2.41. The molecule has 4 heteroatoms. The zero-order valence-electron chi connectivity index (χ0n) is 7.17. The summed E-state index contributed by atoms with van der Waals surface area (Å²) in [5, 5.41) is 8.74. The summed E-state index contributed by atoms with van der Waals surface area (Å²) in [4.78, 5) is 10.7. The molecule has 0 radical (unpaired) electrons. The van der Waals surface area contributed by atoms with Crippen molar-refractivity contribution in [1.82, 2.24) is 0 Å². The molecule has 1 aliphatic rings. The van der Waals surface area contributed by atoms with E-state index in [1.54, 1.807) is 0 Å². The monoisotopic (exact) mass is 181 g/mol. The molecule has 0 amide bonds. The Morgan fingerprint density at radius 1 is 1.38 bits per heavy atom. The lowest BCUT2D eigenvalue weighted by atomic mass is 9.97. The van der Waals surface area contributed by atoms with Crippen LogP contribution in [0.5, 0.6) is 0 Å². The van der Waals surface area contributed by atoms with Gasteiger partial charge in [0.1, 0.15) is 5.76 Å². The minimum Gasteiger partial charge on any atom is -0.475 e. The molecule has 4 nitrogen and oxygen atoms in total. The molecule has 0 aromatic carbocycles. The van der Waals surface area contributed by atoms with Crippen LogP contribution in [0.2, 0.25) is 0 Å². The molecule has 0 aliphatic heterocycles. The summed E-state index contributed by atoms with van der Waals surface area (Å²) in [6.07, 6.45) is 3.78. The zero-order valence-corrected chi connectivity index (χ0v) is 7.17. The first-order valence-corrected chi connectivity index (χ1v) is 4.33. The van der Waals surface area contributed by atoms with Crippen molar-refractivity contribution in [2.75, 3.05) is 5.73 Å². The van der Waals surface area contributed by atoms with Gasteiger partial charge in [0, 0.05) is 12.0 Å². The number of hydrogen-bond acceptors (Lipinski definition) is 3. The molecule has 0 saturated heterocycles. The SMILES string of the molecule is Nc1c(C(=O)O)oc2c1CCCC2. The van der Waals surface area contributed by atoms with Gasteiger partial charge >= 0.3 is 5.97 Å². The van der Waals surface area contributed by atoms with E-state index in [1.807, 2.05) is 0 Å². The van der Waals surface area contributed by atoms with Gasteiger partial charge in [0.05, 0.1) is 5.69 Å². The number of aryl methyl sites for hydroxylation is 1. The van der Waals surface area contributed by atoms with E-state index in [1.165, 1.54) is 0 Å². The molecule has 2 rings (SSSR count). The molecule has 0 atom stereocenters. The third-order valence-electron chi connectivity index (χ3n) is 2.41. The smallest absolute Gasteiger partial charge is 0.374 e. The highest BCUT2D eigenvalue weighted by atomic mass is 16.4. The van der Waals surface area contributed by atoms with Gasteiger partial charge in [0.15, 0.2) is 0 Å². The molecule has 0 unspecified atom stereocenters. The van der Waals surface area contributed by atoms with Crippen molar-refractivity contribution in [1.29, 1.82) is 0 Å². The van der Waals surface area contributed by atoms with Crippen molar-refractivity contribution in [3.05, 3.63) is 17.1 Å². The second-order valence-electron chi connectivity index (χ2n) is 3.26. The molecule has 0 saturated carbocycles. The molecular weight excluding hydrogens is 170 g/mol. The normalized spacial score (nSPS) is 15.4. The van der Waals surface area contributed by atoms with Crippen LogP contribution in [0.15, 0.2) is 4.42 Å². The summed E-state index contributed by atoms with van der Waals surface area (Å²) in [6, 6.07) is 0. The fourth-order valence-corrected chi connectivity index (χ4v) is 1.75. The van der Waals surface area contributed by atoms with Gasteiger partial charge in [-0.05, 0) is 19.3 Å². The van der Waals surface area contributed by atoms with Crippen LogP contribution in [0.1, 0.15) is 34.7 Å². The van der Waals surface area contributed by atoms with Crippen molar-refractivity contribution in [3.8, 4) is 0 Å². The van der Waals surface area contributed by atoms with Crippen LogP contribution in [0.3, 0.4) is 0 Å². The summed E-state index contributed by atoms with van der Waals surface area (Å²) in [7, 11) is 0. The van der Waals surface area contributed by atoms with Crippen LogP contribution in [0.4, 0.5) is 5.69 Å². The molecule has 70 valence electrons. The maximum atomic E-state index is 10.7. The second kappa shape index (κ2) is 2.80. The first-order valence-electron chi connectivity index (χ1n) is 4.33. The lowest BCUT2D eigenvalue weighted by Gasteiger charge is -2.08. The average molecular weight is 181 g/mol. The number of anilines is 1. The largest absolute Gasteiger partial charge is 0.475 e. The van der Waals surface area contributed by atoms with Gasteiger partial charge < -0.3 is 15.3 Å². The van der Waals surface area contributed by atoms with Crippen LogP contribution in [0, 0.1) is 0 Å². The number of furan rings is 1. The Bertz CT molecular complexity index is 354. The third kappa shape index (κ3) is 1.18. The highest BCUT2D eigenvalue weighted by molar-refractivity contribution is 5.91. The lowest BCUT2D eigenvalue weighted by Crippen LogP contribution is -2.02. The number of carboxylic acids is 1. The molecule has 1 aromatic heterocycles. The van der Waals surface area contributed by atoms with Gasteiger partial charge in [0.25, 0.3) is 0 Å². The molecule has 0 fully saturated rings. The molecule has 1 aliphatic carbocycles. The quantitative estimate of drug-likeness (QED) is 0.687. The van der Waals surface area contributed by atoms with Crippen LogP contribution < -0.4 is 5.73 Å². The van der Waals surface area contributed by atoms with E-state index in [9.17, 15) is 4.79 Å². The first kappa shape index (κ1) is 8.16. The molecule has 1 heterocycles. The number of nitrogen functional groups attached to an aromatic ring is 1. The van der Waals surface area contributed by atoms with Crippen LogP contribution in [-0.4, -0.2) is 11.1 Å². The van der Waals surface area contributed by atoms with Gasteiger partial charge in [-0.25, -0.2) is 4.79 Å². The maximum Gasteiger partial charge on any atom is 0.374 e. The Hall–Kier alpha value is -1.45. The number of carboxylic acid groups (broad SMARTS) is 1. The number of aromatic carboxylic acids is 1. The topological polar surface area (TPSA) is 76.5 Å². The van der Waals surface area contributed by atoms with E-state index in [0.717, 1.165) is 37.0 Å². The van der Waals surface area contributed by atoms with Crippen molar-refractivity contribution in [2.24, 2.45) is 0 Å². The minimum absolute atomic E-state index is 0.0908. The molecular formula is C9H11NO3. The fraction of sp³-hybridized carbons (Fsp3) is 0.444. The predicted octanol–water partition coefficient (Wildman–Crippen LogP) is 1.44. The minimum atomic E-state index is -1.08. The summed E-state index contributed by atoms with van der Waals surface area (Å²) in [5.41, 5.74) is 6.88. The van der Waals surface area contributed by atoms with E-state index in [2.05, 4.69) is 0 Å². The van der Waals surface area contributed by atoms with Gasteiger partial charge in [-0.15, -0.1) is 0 Å². The van der Waals surface area contributed by atoms with E-state index >= 15 is 0 Å². The predicted molar refractivity (Wildman–Crippen MR) is 46.7 cm³/mol. The first-order chi connectivity index (χ1) is 6.20. The highest BCUT2D eigenvalue weighted by Gasteiger charge is 2.23. The van der Waals surface area contributed by atoms with Crippen molar-refractivity contribution in [3.63, 3.8) is 0 Å². The Balaban J connectivity index is 2.50. The number of nitrogens with two attached hydrogens (primary N) is 1. The van der Waals surface area contributed by atoms with Gasteiger partial charge in [0.2, 0.25) is 5.76 Å². The average Bonchev–Trinajstić information content (AvgIpc) is 2.45. The molecule has 3 N–H and O–H groups in total. The summed E-state index contributed by atoms with van der Waals surface area (Å²) in [5.74, 6) is -0.403. The van der Waals surface area contributed by atoms with E-state index in [0.29, 0.717) is 5.69 Å².